The second-order valence-corrected chi connectivity index (χ2v) is 15.6. The van der Waals surface area contributed by atoms with Crippen molar-refractivity contribution in [2.24, 2.45) is 11.8 Å². The van der Waals surface area contributed by atoms with Gasteiger partial charge < -0.3 is 24.5 Å². The monoisotopic (exact) mass is 714 g/mol. The van der Waals surface area contributed by atoms with Gasteiger partial charge in [0.15, 0.2) is 0 Å². The summed E-state index contributed by atoms with van der Waals surface area (Å²) in [5, 5.41) is 4.18. The van der Waals surface area contributed by atoms with Gasteiger partial charge in [0.1, 0.15) is 5.76 Å². The minimum absolute atomic E-state index is 0.0232. The molecule has 3 aliphatic heterocycles. The molecule has 0 aliphatic carbocycles. The number of rotatable bonds is 12. The first-order valence-corrected chi connectivity index (χ1v) is 19.6. The van der Waals surface area contributed by atoms with E-state index >= 15 is 4.79 Å². The number of furan rings is 1. The van der Waals surface area contributed by atoms with Crippen LogP contribution in [0.15, 0.2) is 94.6 Å². The van der Waals surface area contributed by atoms with Crippen LogP contribution < -0.4 is 5.32 Å². The number of piperidine rings is 2. The molecule has 5 heterocycles. The minimum Gasteiger partial charge on any atom is -0.464 e. The lowest BCUT2D eigenvalue weighted by molar-refractivity contribution is -0.167. The number of aromatic amines is 1. The summed E-state index contributed by atoms with van der Waals surface area (Å²) in [6, 6.07) is 20.6. The Hall–Kier alpha value is -4.85. The Morgan fingerprint density at radius 1 is 0.981 bits per heavy atom. The fourth-order valence-corrected chi connectivity index (χ4v) is 9.06. The molecule has 0 saturated carbocycles. The number of carbonyl (C=O) groups excluding carboxylic acids is 3. The molecule has 2 saturated heterocycles. The zero-order valence-corrected chi connectivity index (χ0v) is 31.6. The molecular formula is C45H54N4O4. The molecule has 3 atom stereocenters. The van der Waals surface area contributed by atoms with Crippen molar-refractivity contribution in [2.45, 2.75) is 90.5 Å². The number of allylic oxidation sites excluding steroid dienone is 3. The molecule has 0 spiro atoms. The normalized spacial score (nSPS) is 21.6. The van der Waals surface area contributed by atoms with Crippen LogP contribution in [0, 0.1) is 11.8 Å². The van der Waals surface area contributed by atoms with E-state index in [-0.39, 0.29) is 24.1 Å². The Bertz CT molecular complexity index is 1980. The van der Waals surface area contributed by atoms with Crippen molar-refractivity contribution in [1.29, 1.82) is 0 Å². The quantitative estimate of drug-likeness (QED) is 0.144. The number of hydrogen-bond donors (Lipinski definition) is 2. The third-order valence-corrected chi connectivity index (χ3v) is 11.8. The maximum absolute atomic E-state index is 15.0. The van der Waals surface area contributed by atoms with Crippen LogP contribution in [0.5, 0.6) is 0 Å². The number of likely N-dealkylation sites (tertiary alicyclic amines) is 1. The van der Waals surface area contributed by atoms with Crippen LogP contribution in [0.1, 0.15) is 89.0 Å². The average Bonchev–Trinajstić information content (AvgIpc) is 3.84. The topological polar surface area (TPSA) is 98.7 Å². The van der Waals surface area contributed by atoms with Gasteiger partial charge in [-0.05, 0) is 108 Å². The van der Waals surface area contributed by atoms with Crippen molar-refractivity contribution in [3.05, 3.63) is 107 Å². The molecule has 2 fully saturated rings. The van der Waals surface area contributed by atoms with Gasteiger partial charge in [-0.1, -0.05) is 65.8 Å². The Balaban J connectivity index is 1.24. The van der Waals surface area contributed by atoms with Gasteiger partial charge >= 0.3 is 0 Å². The second kappa shape index (κ2) is 16.0. The highest BCUT2D eigenvalue weighted by Crippen LogP contribution is 2.53. The fraction of sp³-hybridized carbons (Fsp3) is 0.444. The Morgan fingerprint density at radius 3 is 2.55 bits per heavy atom. The van der Waals surface area contributed by atoms with Crippen molar-refractivity contribution in [3.8, 4) is 11.3 Å². The number of fused-ring (bicyclic) bond motifs is 5. The number of nitrogens with one attached hydrogen (secondary N) is 2. The van der Waals surface area contributed by atoms with E-state index in [1.54, 1.807) is 6.26 Å². The number of H-pyrrole nitrogens is 1. The molecule has 2 aromatic heterocycles. The summed E-state index contributed by atoms with van der Waals surface area (Å²) in [6.07, 6.45) is 13.4. The molecule has 53 heavy (non-hydrogen) atoms. The van der Waals surface area contributed by atoms with Gasteiger partial charge in [0.25, 0.3) is 0 Å². The van der Waals surface area contributed by atoms with Crippen LogP contribution >= 0.6 is 0 Å². The zero-order valence-electron chi connectivity index (χ0n) is 31.6. The number of nitrogens with zero attached hydrogens (tertiary/aromatic N) is 2. The van der Waals surface area contributed by atoms with E-state index in [9.17, 15) is 9.59 Å². The summed E-state index contributed by atoms with van der Waals surface area (Å²) in [4.78, 5) is 51.2. The molecule has 3 amide bonds. The number of aryl methyl sites for hydroxylation is 1. The molecule has 8 nitrogen and oxygen atoms in total. The summed E-state index contributed by atoms with van der Waals surface area (Å²) in [7, 11) is 0. The van der Waals surface area contributed by atoms with Crippen molar-refractivity contribution >= 4 is 28.6 Å². The summed E-state index contributed by atoms with van der Waals surface area (Å²) in [5.41, 5.74) is 6.94. The highest BCUT2D eigenvalue weighted by molar-refractivity contribution is 5.94. The van der Waals surface area contributed by atoms with Crippen molar-refractivity contribution < 1.29 is 18.8 Å². The molecule has 0 unspecified atom stereocenters. The van der Waals surface area contributed by atoms with Gasteiger partial charge in [-0.3, -0.25) is 14.4 Å². The lowest BCUT2D eigenvalue weighted by Gasteiger charge is -2.56. The second-order valence-electron chi connectivity index (χ2n) is 15.6. The summed E-state index contributed by atoms with van der Waals surface area (Å²) in [5.74, 6) is -0.331. The Morgan fingerprint density at radius 2 is 1.79 bits per heavy atom. The van der Waals surface area contributed by atoms with Gasteiger partial charge in [0.05, 0.1) is 17.7 Å². The molecule has 3 aliphatic rings. The molecule has 0 bridgehead atoms. The predicted molar refractivity (Wildman–Crippen MR) is 210 cm³/mol. The van der Waals surface area contributed by atoms with Gasteiger partial charge in [-0.15, -0.1) is 0 Å². The van der Waals surface area contributed by atoms with Gasteiger partial charge in [0, 0.05) is 60.7 Å². The van der Waals surface area contributed by atoms with E-state index in [1.165, 1.54) is 22.3 Å². The SMILES string of the molecule is CC(C)=CCC/C(C)=C/CNC(=O)C[C@H]1C[C@H](C(=O)N2CCCCC2)[C@@]2(CCc3ccccc3)c3[nH]c4cc(-c5ccco5)ccc4c3CCN2C1=O. The fourth-order valence-electron chi connectivity index (χ4n) is 9.06. The summed E-state index contributed by atoms with van der Waals surface area (Å²) >= 11 is 0. The maximum Gasteiger partial charge on any atom is 0.228 e. The molecule has 7 rings (SSSR count). The molecular weight excluding hydrogens is 661 g/mol. The van der Waals surface area contributed by atoms with Crippen LogP contribution in [-0.2, 0) is 32.8 Å². The molecule has 0 radical (unpaired) electrons. The first-order chi connectivity index (χ1) is 25.7. The standard InChI is InChI=1S/C45H54N4O4/c1-31(2)12-10-13-32(3)20-23-46-41(50)30-35-28-38(44(52)48-24-8-5-9-25-48)45(22-19-33-14-6-4-7-15-33)42-37(21-26-49(45)43(35)51)36-18-17-34(29-39(36)47-42)40-16-11-27-53-40/h4,6-7,11-12,14-18,20,27,29,35,38,47H,5,8-10,13,19,21-26,28,30H2,1-3H3,(H,46,50)/b32-20+/t35-,38-,45+/m1/s1. The van der Waals surface area contributed by atoms with E-state index in [1.807, 2.05) is 40.1 Å². The number of benzene rings is 2. The molecule has 2 aromatic carbocycles. The summed E-state index contributed by atoms with van der Waals surface area (Å²) in [6.45, 7) is 8.69. The van der Waals surface area contributed by atoms with E-state index in [0.29, 0.717) is 38.8 Å². The highest BCUT2D eigenvalue weighted by Gasteiger charge is 2.59. The van der Waals surface area contributed by atoms with Gasteiger partial charge in [-0.2, -0.15) is 0 Å². The lowest BCUT2D eigenvalue weighted by Crippen LogP contribution is -2.66. The smallest absolute Gasteiger partial charge is 0.228 e. The summed E-state index contributed by atoms with van der Waals surface area (Å²) < 4.78 is 5.74. The molecule has 2 N–H and O–H groups in total. The molecule has 8 heteroatoms. The third kappa shape index (κ3) is 7.64. The van der Waals surface area contributed by atoms with E-state index in [2.05, 4.69) is 73.6 Å². The number of amides is 3. The molecule has 4 aromatic rings. The number of hydrogen-bond acceptors (Lipinski definition) is 4. The van der Waals surface area contributed by atoms with Crippen LogP contribution in [0.25, 0.3) is 22.2 Å². The first kappa shape index (κ1) is 36.5. The van der Waals surface area contributed by atoms with Gasteiger partial charge in [0.2, 0.25) is 17.7 Å². The Labute approximate surface area is 313 Å². The van der Waals surface area contributed by atoms with Gasteiger partial charge in [-0.25, -0.2) is 0 Å². The lowest BCUT2D eigenvalue weighted by atomic mass is 9.64. The van der Waals surface area contributed by atoms with Crippen molar-refractivity contribution in [3.63, 3.8) is 0 Å². The molecule has 278 valence electrons. The van der Waals surface area contributed by atoms with Crippen molar-refractivity contribution in [1.82, 2.24) is 20.1 Å². The largest absolute Gasteiger partial charge is 0.464 e. The average molecular weight is 715 g/mol. The van der Waals surface area contributed by atoms with Crippen LogP contribution in [0.3, 0.4) is 0 Å². The zero-order chi connectivity index (χ0) is 37.0. The number of aromatic nitrogens is 1. The van der Waals surface area contributed by atoms with E-state index in [4.69, 9.17) is 4.42 Å². The van der Waals surface area contributed by atoms with Crippen LogP contribution in [0.2, 0.25) is 0 Å². The van der Waals surface area contributed by atoms with E-state index < -0.39 is 17.4 Å². The maximum atomic E-state index is 15.0. The van der Waals surface area contributed by atoms with Crippen molar-refractivity contribution in [2.75, 3.05) is 26.2 Å². The Kier molecular flexibility index (Phi) is 11.0. The predicted octanol–water partition coefficient (Wildman–Crippen LogP) is 8.49. The van der Waals surface area contributed by atoms with E-state index in [0.717, 1.165) is 73.1 Å². The minimum atomic E-state index is -0.878. The van der Waals surface area contributed by atoms with Crippen LogP contribution in [0.4, 0.5) is 0 Å². The van der Waals surface area contributed by atoms with Crippen LogP contribution in [-0.4, -0.2) is 58.7 Å². The first-order valence-electron chi connectivity index (χ1n) is 19.6. The highest BCUT2D eigenvalue weighted by atomic mass is 16.3. The number of carbonyl (C=O) groups is 3. The third-order valence-electron chi connectivity index (χ3n) is 11.8.